The molecule has 0 saturated carbocycles. The fourth-order valence-corrected chi connectivity index (χ4v) is 2.28. The van der Waals surface area contributed by atoms with E-state index < -0.39 is 5.82 Å². The standard InChI is InChI=1S/C19H23FN4O2/c1-13-7-8-14(11-16(13)20)18(25)22-9-10-23-19(21)24-17-6-4-3-5-15(17)12-26-2/h3-8,11H,9-10,12H2,1-2H3,(H,22,25)(H3,21,23,24). The molecule has 2 aromatic rings. The molecule has 0 saturated heterocycles. The van der Waals surface area contributed by atoms with Crippen LogP contribution in [-0.2, 0) is 11.3 Å². The summed E-state index contributed by atoms with van der Waals surface area (Å²) in [5.41, 5.74) is 8.42. The normalized spacial score (nSPS) is 11.3. The number of hydrogen-bond donors (Lipinski definition) is 3. The first kappa shape index (κ1) is 19.4. The Balaban J connectivity index is 1.84. The molecule has 2 rings (SSSR count). The van der Waals surface area contributed by atoms with Gasteiger partial charge in [-0.1, -0.05) is 24.3 Å². The van der Waals surface area contributed by atoms with Crippen LogP contribution >= 0.6 is 0 Å². The molecule has 0 fully saturated rings. The Bertz CT molecular complexity index is 793. The summed E-state index contributed by atoms with van der Waals surface area (Å²) >= 11 is 0. The van der Waals surface area contributed by atoms with E-state index in [0.29, 0.717) is 18.7 Å². The van der Waals surface area contributed by atoms with Crippen molar-refractivity contribution in [3.05, 3.63) is 65.0 Å². The first-order chi connectivity index (χ1) is 12.5. The number of aryl methyl sites for hydroxylation is 1. The molecule has 0 atom stereocenters. The van der Waals surface area contributed by atoms with Gasteiger partial charge in [0.05, 0.1) is 13.2 Å². The lowest BCUT2D eigenvalue weighted by Crippen LogP contribution is -2.28. The van der Waals surface area contributed by atoms with Crippen LogP contribution in [0.2, 0.25) is 0 Å². The fraction of sp³-hybridized carbons (Fsp3) is 0.263. The number of carbonyl (C=O) groups is 1. The molecule has 0 unspecified atom stereocenters. The zero-order valence-electron chi connectivity index (χ0n) is 14.9. The number of nitrogens with two attached hydrogens (primary N) is 1. The number of para-hydroxylation sites is 1. The Labute approximate surface area is 152 Å². The van der Waals surface area contributed by atoms with Gasteiger partial charge in [0, 0.05) is 30.5 Å². The monoisotopic (exact) mass is 358 g/mol. The number of guanidine groups is 1. The molecule has 0 aliphatic carbocycles. The minimum absolute atomic E-state index is 0.240. The van der Waals surface area contributed by atoms with Gasteiger partial charge in [0.25, 0.3) is 5.91 Å². The van der Waals surface area contributed by atoms with Crippen molar-refractivity contribution < 1.29 is 13.9 Å². The molecular formula is C19H23FN4O2. The van der Waals surface area contributed by atoms with Crippen LogP contribution in [0, 0.1) is 12.7 Å². The Hall–Kier alpha value is -2.93. The van der Waals surface area contributed by atoms with E-state index >= 15 is 0 Å². The van der Waals surface area contributed by atoms with E-state index in [9.17, 15) is 9.18 Å². The summed E-state index contributed by atoms with van der Waals surface area (Å²) in [5, 5.41) is 5.69. The van der Waals surface area contributed by atoms with Gasteiger partial charge in [0.2, 0.25) is 0 Å². The Morgan fingerprint density at radius 3 is 2.77 bits per heavy atom. The number of anilines is 1. The molecule has 26 heavy (non-hydrogen) atoms. The molecule has 4 N–H and O–H groups in total. The van der Waals surface area contributed by atoms with Gasteiger partial charge in [-0.25, -0.2) is 4.39 Å². The van der Waals surface area contributed by atoms with E-state index in [4.69, 9.17) is 10.5 Å². The number of rotatable bonds is 7. The highest BCUT2D eigenvalue weighted by molar-refractivity contribution is 5.94. The molecule has 0 spiro atoms. The van der Waals surface area contributed by atoms with E-state index in [1.165, 1.54) is 6.07 Å². The highest BCUT2D eigenvalue weighted by atomic mass is 19.1. The molecule has 1 amide bonds. The molecular weight excluding hydrogens is 335 g/mol. The Morgan fingerprint density at radius 1 is 1.27 bits per heavy atom. The molecule has 6 nitrogen and oxygen atoms in total. The lowest BCUT2D eigenvalue weighted by molar-refractivity contribution is 0.0954. The van der Waals surface area contributed by atoms with Crippen LogP contribution in [0.1, 0.15) is 21.5 Å². The predicted octanol–water partition coefficient (Wildman–Crippen LogP) is 2.44. The molecule has 0 heterocycles. The highest BCUT2D eigenvalue weighted by Gasteiger charge is 2.07. The second-order valence-corrected chi connectivity index (χ2v) is 5.70. The van der Waals surface area contributed by atoms with Crippen molar-refractivity contribution in [1.29, 1.82) is 0 Å². The number of nitrogens with zero attached hydrogens (tertiary/aromatic N) is 1. The maximum Gasteiger partial charge on any atom is 0.251 e. The second kappa shape index (κ2) is 9.53. The molecule has 138 valence electrons. The number of amides is 1. The van der Waals surface area contributed by atoms with Gasteiger partial charge in [-0.15, -0.1) is 0 Å². The van der Waals surface area contributed by atoms with Gasteiger partial charge >= 0.3 is 0 Å². The number of aliphatic imine (C=N–C) groups is 1. The number of halogens is 1. The van der Waals surface area contributed by atoms with Crippen LogP contribution < -0.4 is 16.4 Å². The topological polar surface area (TPSA) is 88.7 Å². The molecule has 2 aromatic carbocycles. The van der Waals surface area contributed by atoms with Gasteiger partial charge in [-0.2, -0.15) is 0 Å². The number of hydrogen-bond acceptors (Lipinski definition) is 3. The fourth-order valence-electron chi connectivity index (χ4n) is 2.28. The predicted molar refractivity (Wildman–Crippen MR) is 101 cm³/mol. The third-order valence-electron chi connectivity index (χ3n) is 3.69. The van der Waals surface area contributed by atoms with E-state index in [1.54, 1.807) is 26.2 Å². The number of carbonyl (C=O) groups excluding carboxylic acids is 1. The average Bonchev–Trinajstić information content (AvgIpc) is 2.62. The van der Waals surface area contributed by atoms with Crippen LogP contribution in [0.25, 0.3) is 0 Å². The van der Waals surface area contributed by atoms with Gasteiger partial charge < -0.3 is 21.1 Å². The summed E-state index contributed by atoms with van der Waals surface area (Å²) in [5.74, 6) is -0.515. The number of ether oxygens (including phenoxy) is 1. The van der Waals surface area contributed by atoms with E-state index in [1.807, 2.05) is 24.3 Å². The molecule has 0 bridgehead atoms. The molecule has 0 aliphatic heterocycles. The smallest absolute Gasteiger partial charge is 0.251 e. The largest absolute Gasteiger partial charge is 0.380 e. The summed E-state index contributed by atoms with van der Waals surface area (Å²) in [6.45, 7) is 2.69. The lowest BCUT2D eigenvalue weighted by atomic mass is 10.1. The van der Waals surface area contributed by atoms with Crippen molar-refractivity contribution in [3.63, 3.8) is 0 Å². The quantitative estimate of drug-likeness (QED) is 0.403. The highest BCUT2D eigenvalue weighted by Crippen LogP contribution is 2.15. The van der Waals surface area contributed by atoms with E-state index in [-0.39, 0.29) is 24.0 Å². The molecule has 0 radical (unpaired) electrons. The summed E-state index contributed by atoms with van der Waals surface area (Å²) in [7, 11) is 1.62. The van der Waals surface area contributed by atoms with Crippen LogP contribution in [0.4, 0.5) is 10.1 Å². The van der Waals surface area contributed by atoms with Gasteiger partial charge in [-0.05, 0) is 30.7 Å². The first-order valence-corrected chi connectivity index (χ1v) is 8.19. The minimum Gasteiger partial charge on any atom is -0.380 e. The second-order valence-electron chi connectivity index (χ2n) is 5.70. The molecule has 7 heteroatoms. The number of nitrogens with one attached hydrogen (secondary N) is 2. The summed E-state index contributed by atoms with van der Waals surface area (Å²) in [4.78, 5) is 16.1. The minimum atomic E-state index is -0.404. The van der Waals surface area contributed by atoms with Crippen LogP contribution in [0.5, 0.6) is 0 Å². The van der Waals surface area contributed by atoms with Gasteiger partial charge in [-0.3, -0.25) is 9.79 Å². The SMILES string of the molecule is COCc1ccccc1NC(N)=NCCNC(=O)c1ccc(C)c(F)c1. The first-order valence-electron chi connectivity index (χ1n) is 8.19. The zero-order valence-corrected chi connectivity index (χ0v) is 14.9. The van der Waals surface area contributed by atoms with Crippen molar-refractivity contribution in [2.75, 3.05) is 25.5 Å². The van der Waals surface area contributed by atoms with E-state index in [0.717, 1.165) is 11.3 Å². The average molecular weight is 358 g/mol. The van der Waals surface area contributed by atoms with Crippen LogP contribution in [0.15, 0.2) is 47.5 Å². The van der Waals surface area contributed by atoms with Crippen LogP contribution in [-0.4, -0.2) is 32.1 Å². The number of benzene rings is 2. The maximum atomic E-state index is 13.5. The Morgan fingerprint density at radius 2 is 2.04 bits per heavy atom. The zero-order chi connectivity index (χ0) is 18.9. The lowest BCUT2D eigenvalue weighted by Gasteiger charge is -2.11. The van der Waals surface area contributed by atoms with Crippen molar-refractivity contribution in [3.8, 4) is 0 Å². The maximum absolute atomic E-state index is 13.5. The van der Waals surface area contributed by atoms with Crippen molar-refractivity contribution in [2.45, 2.75) is 13.5 Å². The third kappa shape index (κ3) is 5.56. The van der Waals surface area contributed by atoms with E-state index in [2.05, 4.69) is 15.6 Å². The summed E-state index contributed by atoms with van der Waals surface area (Å²) < 4.78 is 18.6. The summed E-state index contributed by atoms with van der Waals surface area (Å²) in [6.07, 6.45) is 0. The van der Waals surface area contributed by atoms with Gasteiger partial charge in [0.1, 0.15) is 5.82 Å². The summed E-state index contributed by atoms with van der Waals surface area (Å²) in [6, 6.07) is 12.0. The number of methoxy groups -OCH3 is 1. The Kier molecular flexibility index (Phi) is 7.11. The van der Waals surface area contributed by atoms with Crippen molar-refractivity contribution in [1.82, 2.24) is 5.32 Å². The van der Waals surface area contributed by atoms with Crippen molar-refractivity contribution >= 4 is 17.6 Å². The molecule has 0 aliphatic rings. The molecule has 0 aromatic heterocycles. The third-order valence-corrected chi connectivity index (χ3v) is 3.69. The van der Waals surface area contributed by atoms with Crippen molar-refractivity contribution in [2.24, 2.45) is 10.7 Å². The van der Waals surface area contributed by atoms with Gasteiger partial charge in [0.15, 0.2) is 5.96 Å². The van der Waals surface area contributed by atoms with Crippen LogP contribution in [0.3, 0.4) is 0 Å².